The standard InChI is InChI=1S/C21H22F2N2O3/c1-21(2,3)28-20(27)25-12-11-13-7-4-5-8-14(13)18(25)19(26)24-17-15(22)9-6-10-16(17)23/h4-10,18H,11-12H2,1-3H3,(H,24,26)/t18-/m0/s1. The lowest BCUT2D eigenvalue weighted by molar-refractivity contribution is -0.122. The summed E-state index contributed by atoms with van der Waals surface area (Å²) < 4.78 is 33.4. The van der Waals surface area contributed by atoms with E-state index in [-0.39, 0.29) is 6.54 Å². The van der Waals surface area contributed by atoms with Crippen LogP contribution in [0.15, 0.2) is 42.5 Å². The Morgan fingerprint density at radius 1 is 1.07 bits per heavy atom. The van der Waals surface area contributed by atoms with Gasteiger partial charge in [0.25, 0.3) is 5.91 Å². The smallest absolute Gasteiger partial charge is 0.411 e. The second-order valence-corrected chi connectivity index (χ2v) is 7.61. The maximum atomic E-state index is 14.0. The van der Waals surface area contributed by atoms with Gasteiger partial charge in [0.2, 0.25) is 0 Å². The molecule has 5 nitrogen and oxygen atoms in total. The van der Waals surface area contributed by atoms with Crippen molar-refractivity contribution >= 4 is 17.7 Å². The van der Waals surface area contributed by atoms with Gasteiger partial charge in [-0.25, -0.2) is 13.6 Å². The Kier molecular flexibility index (Phi) is 5.36. The fourth-order valence-corrected chi connectivity index (χ4v) is 3.18. The van der Waals surface area contributed by atoms with Crippen LogP contribution >= 0.6 is 0 Å². The third-order valence-electron chi connectivity index (χ3n) is 4.37. The molecule has 1 atom stereocenters. The van der Waals surface area contributed by atoms with Gasteiger partial charge in [-0.05, 0) is 50.5 Å². The van der Waals surface area contributed by atoms with Gasteiger partial charge in [0.1, 0.15) is 29.0 Å². The third kappa shape index (κ3) is 4.13. The van der Waals surface area contributed by atoms with E-state index < -0.39 is 41.0 Å². The van der Waals surface area contributed by atoms with E-state index in [1.807, 2.05) is 12.1 Å². The molecule has 0 aliphatic carbocycles. The molecule has 0 fully saturated rings. The van der Waals surface area contributed by atoms with E-state index in [0.717, 1.165) is 17.7 Å². The summed E-state index contributed by atoms with van der Waals surface area (Å²) in [6.45, 7) is 5.44. The molecular weight excluding hydrogens is 366 g/mol. The third-order valence-corrected chi connectivity index (χ3v) is 4.37. The van der Waals surface area contributed by atoms with Crippen LogP contribution in [0.1, 0.15) is 37.9 Å². The fraction of sp³-hybridized carbons (Fsp3) is 0.333. The maximum absolute atomic E-state index is 14.0. The molecule has 1 aliphatic heterocycles. The quantitative estimate of drug-likeness (QED) is 0.828. The van der Waals surface area contributed by atoms with E-state index >= 15 is 0 Å². The van der Waals surface area contributed by atoms with E-state index in [1.54, 1.807) is 32.9 Å². The first-order valence-electron chi connectivity index (χ1n) is 8.99. The predicted molar refractivity (Wildman–Crippen MR) is 101 cm³/mol. The molecule has 0 bridgehead atoms. The minimum atomic E-state index is -1.06. The van der Waals surface area contributed by atoms with Crippen LogP contribution in [-0.4, -0.2) is 29.0 Å². The molecule has 3 rings (SSSR count). The number of hydrogen-bond donors (Lipinski definition) is 1. The molecular formula is C21H22F2N2O3. The van der Waals surface area contributed by atoms with Crippen LogP contribution in [0.3, 0.4) is 0 Å². The molecule has 0 unspecified atom stereocenters. The van der Waals surface area contributed by atoms with E-state index in [0.29, 0.717) is 12.0 Å². The molecule has 7 heteroatoms. The van der Waals surface area contributed by atoms with Crippen molar-refractivity contribution in [3.8, 4) is 0 Å². The highest BCUT2D eigenvalue weighted by Gasteiger charge is 2.38. The summed E-state index contributed by atoms with van der Waals surface area (Å²) in [5.41, 5.74) is 0.220. The Balaban J connectivity index is 1.96. The number of anilines is 1. The molecule has 2 amide bonds. The van der Waals surface area contributed by atoms with Crippen LogP contribution in [0.2, 0.25) is 0 Å². The molecule has 0 aromatic heterocycles. The zero-order valence-electron chi connectivity index (χ0n) is 16.0. The Morgan fingerprint density at radius 3 is 2.36 bits per heavy atom. The minimum absolute atomic E-state index is 0.254. The van der Waals surface area contributed by atoms with E-state index in [1.165, 1.54) is 11.0 Å². The molecule has 148 valence electrons. The first-order valence-corrected chi connectivity index (χ1v) is 8.99. The number of fused-ring (bicyclic) bond motifs is 1. The summed E-state index contributed by atoms with van der Waals surface area (Å²) >= 11 is 0. The maximum Gasteiger partial charge on any atom is 0.411 e. The van der Waals surface area contributed by atoms with Crippen LogP contribution < -0.4 is 5.32 Å². The summed E-state index contributed by atoms with van der Waals surface area (Å²) in [5, 5.41) is 2.30. The van der Waals surface area contributed by atoms with Crippen LogP contribution in [0.25, 0.3) is 0 Å². The number of ether oxygens (including phenoxy) is 1. The molecule has 0 radical (unpaired) electrons. The van der Waals surface area contributed by atoms with Gasteiger partial charge in [-0.2, -0.15) is 0 Å². The normalized spacial score (nSPS) is 16.3. The number of halogens is 2. The number of para-hydroxylation sites is 1. The van der Waals surface area contributed by atoms with Crippen LogP contribution in [0, 0.1) is 11.6 Å². The van der Waals surface area contributed by atoms with Crippen molar-refractivity contribution in [1.29, 1.82) is 0 Å². The summed E-state index contributed by atoms with van der Waals surface area (Å²) in [5.74, 6) is -2.48. The van der Waals surface area contributed by atoms with Crippen molar-refractivity contribution in [2.75, 3.05) is 11.9 Å². The number of rotatable bonds is 2. The number of carbonyl (C=O) groups is 2. The number of carbonyl (C=O) groups excluding carboxylic acids is 2. The minimum Gasteiger partial charge on any atom is -0.444 e. The second kappa shape index (κ2) is 7.58. The van der Waals surface area contributed by atoms with Gasteiger partial charge >= 0.3 is 6.09 Å². The van der Waals surface area contributed by atoms with Crippen LogP contribution in [0.5, 0.6) is 0 Å². The Morgan fingerprint density at radius 2 is 1.71 bits per heavy atom. The molecule has 2 aromatic rings. The largest absolute Gasteiger partial charge is 0.444 e. The Hall–Kier alpha value is -2.96. The molecule has 0 spiro atoms. The number of hydrogen-bond acceptors (Lipinski definition) is 3. The highest BCUT2D eigenvalue weighted by Crippen LogP contribution is 2.32. The molecule has 1 heterocycles. The zero-order chi connectivity index (χ0) is 20.5. The summed E-state index contributed by atoms with van der Waals surface area (Å²) in [6.07, 6.45) is -0.107. The SMILES string of the molecule is CC(C)(C)OC(=O)N1CCc2ccccc2[C@H]1C(=O)Nc1c(F)cccc1F. The van der Waals surface area contributed by atoms with E-state index in [9.17, 15) is 18.4 Å². The first-order chi connectivity index (χ1) is 13.2. The number of amides is 2. The van der Waals surface area contributed by atoms with Crippen molar-refractivity contribution in [1.82, 2.24) is 4.90 Å². The summed E-state index contributed by atoms with van der Waals surface area (Å²) in [4.78, 5) is 27.0. The lowest BCUT2D eigenvalue weighted by Gasteiger charge is -2.37. The van der Waals surface area contributed by atoms with Gasteiger partial charge < -0.3 is 10.1 Å². The molecule has 1 aliphatic rings. The van der Waals surface area contributed by atoms with Crippen molar-refractivity contribution in [3.63, 3.8) is 0 Å². The van der Waals surface area contributed by atoms with Crippen molar-refractivity contribution in [3.05, 3.63) is 65.2 Å². The van der Waals surface area contributed by atoms with Crippen molar-refractivity contribution < 1.29 is 23.1 Å². The Labute approximate surface area is 162 Å². The van der Waals surface area contributed by atoms with E-state index in [2.05, 4.69) is 5.32 Å². The highest BCUT2D eigenvalue weighted by atomic mass is 19.1. The van der Waals surface area contributed by atoms with E-state index in [4.69, 9.17) is 4.74 Å². The molecule has 1 N–H and O–H groups in total. The topological polar surface area (TPSA) is 58.6 Å². The molecule has 28 heavy (non-hydrogen) atoms. The molecule has 2 aromatic carbocycles. The van der Waals surface area contributed by atoms with Crippen molar-refractivity contribution in [2.24, 2.45) is 0 Å². The number of nitrogens with one attached hydrogen (secondary N) is 1. The van der Waals surface area contributed by atoms with Gasteiger partial charge in [0, 0.05) is 6.54 Å². The van der Waals surface area contributed by atoms with Gasteiger partial charge in [-0.3, -0.25) is 9.69 Å². The van der Waals surface area contributed by atoms with Gasteiger partial charge in [0.05, 0.1) is 0 Å². The fourth-order valence-electron chi connectivity index (χ4n) is 3.18. The van der Waals surface area contributed by atoms with Crippen LogP contribution in [0.4, 0.5) is 19.3 Å². The second-order valence-electron chi connectivity index (χ2n) is 7.61. The predicted octanol–water partition coefficient (Wildman–Crippen LogP) is 4.44. The number of nitrogens with zero attached hydrogens (tertiary/aromatic N) is 1. The summed E-state index contributed by atoms with van der Waals surface area (Å²) in [6, 6.07) is 9.45. The molecule has 0 saturated heterocycles. The first kappa shape index (κ1) is 19.8. The van der Waals surface area contributed by atoms with Gasteiger partial charge in [-0.1, -0.05) is 30.3 Å². The average molecular weight is 388 g/mol. The Bertz CT molecular complexity index is 889. The van der Waals surface area contributed by atoms with Gasteiger partial charge in [-0.15, -0.1) is 0 Å². The lowest BCUT2D eigenvalue weighted by Crippen LogP contribution is -2.47. The average Bonchev–Trinajstić information content (AvgIpc) is 2.62. The van der Waals surface area contributed by atoms with Crippen molar-refractivity contribution in [2.45, 2.75) is 38.8 Å². The van der Waals surface area contributed by atoms with Crippen LogP contribution in [-0.2, 0) is 16.0 Å². The molecule has 0 saturated carbocycles. The zero-order valence-corrected chi connectivity index (χ0v) is 16.0. The lowest BCUT2D eigenvalue weighted by atomic mass is 9.92. The summed E-state index contributed by atoms with van der Waals surface area (Å²) in [7, 11) is 0. The monoisotopic (exact) mass is 388 g/mol. The number of benzene rings is 2. The highest BCUT2D eigenvalue weighted by molar-refractivity contribution is 5.98. The van der Waals surface area contributed by atoms with Gasteiger partial charge in [0.15, 0.2) is 0 Å².